The van der Waals surface area contributed by atoms with E-state index in [2.05, 4.69) is 39.9 Å². The van der Waals surface area contributed by atoms with Gasteiger partial charge in [-0.25, -0.2) is 9.67 Å². The van der Waals surface area contributed by atoms with Crippen LogP contribution in [0.5, 0.6) is 0 Å². The van der Waals surface area contributed by atoms with Gasteiger partial charge in [-0.1, -0.05) is 25.4 Å². The molecule has 0 saturated heterocycles. The van der Waals surface area contributed by atoms with Crippen molar-refractivity contribution in [2.24, 2.45) is 5.92 Å². The van der Waals surface area contributed by atoms with E-state index in [4.69, 9.17) is 11.6 Å². The van der Waals surface area contributed by atoms with Gasteiger partial charge in [-0.05, 0) is 40.4 Å². The number of H-pyrrole nitrogens is 1. The summed E-state index contributed by atoms with van der Waals surface area (Å²) in [6.45, 7) is 4.19. The van der Waals surface area contributed by atoms with Crippen LogP contribution in [-0.4, -0.2) is 14.8 Å². The molecule has 0 fully saturated rings. The standard InChI is InChI=1S/C12H13BrClN3O/c1-7(2)6-8-10(13)12(18)17(16-8)9-4-3-5-15-11(9)14/h3-5,7,16H,6H2,1-2H3. The Balaban J connectivity index is 2.54. The molecule has 0 aliphatic heterocycles. The molecule has 4 nitrogen and oxygen atoms in total. The molecule has 2 aromatic heterocycles. The molecule has 0 radical (unpaired) electrons. The molecular formula is C12H13BrClN3O. The SMILES string of the molecule is CC(C)Cc1[nH]n(-c2cccnc2Cl)c(=O)c1Br. The Bertz CT molecular complexity index is 618. The quantitative estimate of drug-likeness (QED) is 0.879. The summed E-state index contributed by atoms with van der Waals surface area (Å²) in [5.74, 6) is 0.456. The third-order valence-corrected chi connectivity index (χ3v) is 3.60. The van der Waals surface area contributed by atoms with E-state index < -0.39 is 0 Å². The van der Waals surface area contributed by atoms with Crippen LogP contribution < -0.4 is 5.56 Å². The van der Waals surface area contributed by atoms with E-state index in [0.29, 0.717) is 21.2 Å². The van der Waals surface area contributed by atoms with Crippen molar-refractivity contribution in [2.75, 3.05) is 0 Å². The highest BCUT2D eigenvalue weighted by molar-refractivity contribution is 9.10. The lowest BCUT2D eigenvalue weighted by atomic mass is 10.1. The monoisotopic (exact) mass is 329 g/mol. The Morgan fingerprint density at radius 3 is 2.89 bits per heavy atom. The number of hydrogen-bond acceptors (Lipinski definition) is 2. The van der Waals surface area contributed by atoms with Gasteiger partial charge in [0, 0.05) is 6.20 Å². The fourth-order valence-electron chi connectivity index (χ4n) is 1.72. The molecule has 0 unspecified atom stereocenters. The van der Waals surface area contributed by atoms with Crippen molar-refractivity contribution in [1.29, 1.82) is 0 Å². The molecule has 0 aromatic carbocycles. The summed E-state index contributed by atoms with van der Waals surface area (Å²) in [5, 5.41) is 3.37. The highest BCUT2D eigenvalue weighted by Gasteiger charge is 2.15. The molecule has 18 heavy (non-hydrogen) atoms. The number of halogens is 2. The molecule has 2 heterocycles. The van der Waals surface area contributed by atoms with Gasteiger partial charge in [-0.2, -0.15) is 0 Å². The zero-order chi connectivity index (χ0) is 13.3. The normalized spacial score (nSPS) is 11.2. The average Bonchev–Trinajstić information content (AvgIpc) is 2.58. The van der Waals surface area contributed by atoms with Crippen molar-refractivity contribution in [2.45, 2.75) is 20.3 Å². The highest BCUT2D eigenvalue weighted by atomic mass is 79.9. The number of aromatic nitrogens is 3. The largest absolute Gasteiger partial charge is 0.294 e. The molecule has 2 aromatic rings. The van der Waals surface area contributed by atoms with Gasteiger partial charge < -0.3 is 0 Å². The van der Waals surface area contributed by atoms with Crippen LogP contribution in [-0.2, 0) is 6.42 Å². The first-order chi connectivity index (χ1) is 8.50. The number of aromatic amines is 1. The maximum absolute atomic E-state index is 12.1. The smallest absolute Gasteiger partial charge is 0.285 e. The fraction of sp³-hybridized carbons (Fsp3) is 0.333. The number of rotatable bonds is 3. The summed E-state index contributed by atoms with van der Waals surface area (Å²) in [6.07, 6.45) is 2.38. The van der Waals surface area contributed by atoms with Crippen LogP contribution >= 0.6 is 27.5 Å². The molecule has 2 rings (SSSR count). The Labute approximate surface area is 118 Å². The second-order valence-electron chi connectivity index (χ2n) is 4.46. The summed E-state index contributed by atoms with van der Waals surface area (Å²) in [6, 6.07) is 3.49. The van der Waals surface area contributed by atoms with Crippen LogP contribution in [0, 0.1) is 5.92 Å². The maximum Gasteiger partial charge on any atom is 0.285 e. The summed E-state index contributed by atoms with van der Waals surface area (Å²) in [4.78, 5) is 16.1. The summed E-state index contributed by atoms with van der Waals surface area (Å²) in [7, 11) is 0. The summed E-state index contributed by atoms with van der Waals surface area (Å²) < 4.78 is 1.97. The highest BCUT2D eigenvalue weighted by Crippen LogP contribution is 2.19. The molecule has 1 N–H and O–H groups in total. The first-order valence-electron chi connectivity index (χ1n) is 5.61. The topological polar surface area (TPSA) is 50.7 Å². The third-order valence-electron chi connectivity index (χ3n) is 2.50. The van der Waals surface area contributed by atoms with Gasteiger partial charge in [0.15, 0.2) is 5.15 Å². The predicted molar refractivity (Wildman–Crippen MR) is 75.4 cm³/mol. The number of nitrogens with one attached hydrogen (secondary N) is 1. The minimum Gasteiger partial charge on any atom is -0.294 e. The van der Waals surface area contributed by atoms with Gasteiger partial charge in [-0.3, -0.25) is 9.89 Å². The van der Waals surface area contributed by atoms with Crippen molar-refractivity contribution < 1.29 is 0 Å². The van der Waals surface area contributed by atoms with Gasteiger partial charge in [0.05, 0.1) is 5.69 Å². The molecule has 0 bridgehead atoms. The molecular weight excluding hydrogens is 318 g/mol. The van der Waals surface area contributed by atoms with Crippen molar-refractivity contribution in [3.05, 3.63) is 44.0 Å². The second kappa shape index (κ2) is 5.28. The third kappa shape index (κ3) is 2.52. The van der Waals surface area contributed by atoms with E-state index in [1.54, 1.807) is 18.3 Å². The maximum atomic E-state index is 12.1. The molecule has 6 heteroatoms. The van der Waals surface area contributed by atoms with E-state index in [1.165, 1.54) is 4.68 Å². The first-order valence-corrected chi connectivity index (χ1v) is 6.78. The van der Waals surface area contributed by atoms with Crippen molar-refractivity contribution in [1.82, 2.24) is 14.8 Å². The average molecular weight is 331 g/mol. The number of hydrogen-bond donors (Lipinski definition) is 1. The van der Waals surface area contributed by atoms with Gasteiger partial charge in [0.25, 0.3) is 5.56 Å². The van der Waals surface area contributed by atoms with Gasteiger partial charge in [-0.15, -0.1) is 0 Å². The Morgan fingerprint density at radius 1 is 1.56 bits per heavy atom. The minimum atomic E-state index is -0.152. The van der Waals surface area contributed by atoms with Crippen molar-refractivity contribution >= 4 is 27.5 Å². The van der Waals surface area contributed by atoms with E-state index >= 15 is 0 Å². The molecule has 0 aliphatic rings. The Kier molecular flexibility index (Phi) is 3.92. The van der Waals surface area contributed by atoms with Gasteiger partial charge in [0.1, 0.15) is 10.2 Å². The van der Waals surface area contributed by atoms with Crippen molar-refractivity contribution in [3.8, 4) is 5.69 Å². The Morgan fingerprint density at radius 2 is 2.28 bits per heavy atom. The van der Waals surface area contributed by atoms with E-state index in [0.717, 1.165) is 12.1 Å². The fourth-order valence-corrected chi connectivity index (χ4v) is 2.35. The minimum absolute atomic E-state index is 0.152. The predicted octanol–water partition coefficient (Wildman–Crippen LogP) is 3.18. The molecule has 96 valence electrons. The zero-order valence-electron chi connectivity index (χ0n) is 10.1. The van der Waals surface area contributed by atoms with E-state index in [9.17, 15) is 4.79 Å². The molecule has 0 saturated carbocycles. The molecule has 0 atom stereocenters. The summed E-state index contributed by atoms with van der Waals surface area (Å²) in [5.41, 5.74) is 1.27. The number of pyridine rings is 1. The lowest BCUT2D eigenvalue weighted by molar-refractivity contribution is 0.626. The zero-order valence-corrected chi connectivity index (χ0v) is 12.4. The second-order valence-corrected chi connectivity index (χ2v) is 5.61. The van der Waals surface area contributed by atoms with Crippen LogP contribution in [0.25, 0.3) is 5.69 Å². The Hall–Kier alpha value is -1.07. The molecule has 0 amide bonds. The number of nitrogens with zero attached hydrogens (tertiary/aromatic N) is 2. The lowest BCUT2D eigenvalue weighted by Crippen LogP contribution is -2.15. The van der Waals surface area contributed by atoms with Crippen LogP contribution in [0.2, 0.25) is 5.15 Å². The van der Waals surface area contributed by atoms with Crippen LogP contribution in [0.4, 0.5) is 0 Å². The molecule has 0 spiro atoms. The van der Waals surface area contributed by atoms with Gasteiger partial charge >= 0.3 is 0 Å². The van der Waals surface area contributed by atoms with Crippen molar-refractivity contribution in [3.63, 3.8) is 0 Å². The lowest BCUT2D eigenvalue weighted by Gasteiger charge is -2.04. The van der Waals surface area contributed by atoms with Crippen LogP contribution in [0.3, 0.4) is 0 Å². The van der Waals surface area contributed by atoms with Crippen LogP contribution in [0.1, 0.15) is 19.5 Å². The first kappa shape index (κ1) is 13.4. The van der Waals surface area contributed by atoms with Crippen LogP contribution in [0.15, 0.2) is 27.6 Å². The van der Waals surface area contributed by atoms with E-state index in [1.807, 2.05) is 0 Å². The van der Waals surface area contributed by atoms with E-state index in [-0.39, 0.29) is 5.56 Å². The summed E-state index contributed by atoms with van der Waals surface area (Å²) >= 11 is 9.32. The van der Waals surface area contributed by atoms with Gasteiger partial charge in [0.2, 0.25) is 0 Å². The molecule has 0 aliphatic carbocycles.